The molecule has 0 atom stereocenters. The molecule has 6 nitrogen and oxygen atoms in total. The van der Waals surface area contributed by atoms with Crippen LogP contribution in [0.1, 0.15) is 105 Å². The van der Waals surface area contributed by atoms with Gasteiger partial charge in [-0.1, -0.05) is 132 Å². The zero-order valence-corrected chi connectivity index (χ0v) is 36.9. The monoisotopic (exact) mass is 784 g/mol. The number of fused-ring (bicyclic) bond motifs is 7. The average Bonchev–Trinajstić information content (AvgIpc) is 3.24. The molecule has 0 amide bonds. The molecule has 1 aliphatic rings. The summed E-state index contributed by atoms with van der Waals surface area (Å²) in [5.41, 5.74) is 7.51. The molecule has 0 aliphatic carbocycles. The first-order valence-corrected chi connectivity index (χ1v) is 21.2. The molecule has 1 aliphatic heterocycles. The Morgan fingerprint density at radius 3 is 1.07 bits per heavy atom. The van der Waals surface area contributed by atoms with E-state index in [4.69, 9.17) is 18.5 Å². The van der Waals surface area contributed by atoms with Crippen LogP contribution in [-0.2, 0) is 26.2 Å². The summed E-state index contributed by atoms with van der Waals surface area (Å²) in [6, 6.07) is 29.0. The van der Waals surface area contributed by atoms with Gasteiger partial charge >= 0.3 is 7.82 Å². The number of rotatable bonds is 4. The Labute approximate surface area is 338 Å². The van der Waals surface area contributed by atoms with Gasteiger partial charge in [-0.25, -0.2) is 4.57 Å². The second kappa shape index (κ2) is 13.7. The highest BCUT2D eigenvalue weighted by molar-refractivity contribution is 7.48. The number of ether oxygens (including phenoxy) is 2. The summed E-state index contributed by atoms with van der Waals surface area (Å²) in [6.45, 7) is 26.1. The fraction of sp³-hybridized carbons (Fsp3) is 0.360. The molecule has 7 heteroatoms. The van der Waals surface area contributed by atoms with Crippen LogP contribution in [0.4, 0.5) is 0 Å². The summed E-state index contributed by atoms with van der Waals surface area (Å²) in [7, 11) is -1.36. The maximum Gasteiger partial charge on any atom is 0.584 e. The minimum absolute atomic E-state index is 0.278. The number of phosphoric ester groups is 1. The van der Waals surface area contributed by atoms with E-state index in [1.807, 2.05) is 24.3 Å². The number of benzene rings is 6. The van der Waals surface area contributed by atoms with Crippen molar-refractivity contribution >= 4 is 29.4 Å². The highest BCUT2D eigenvalue weighted by atomic mass is 31.2. The molecule has 1 N–H and O–H groups in total. The lowest BCUT2D eigenvalue weighted by Gasteiger charge is -2.30. The molecule has 0 radical (unpaired) electrons. The second-order valence-corrected chi connectivity index (χ2v) is 20.9. The van der Waals surface area contributed by atoms with E-state index in [1.54, 1.807) is 14.2 Å². The Morgan fingerprint density at radius 2 is 0.789 bits per heavy atom. The van der Waals surface area contributed by atoms with Crippen molar-refractivity contribution in [3.8, 4) is 56.4 Å². The van der Waals surface area contributed by atoms with E-state index in [-0.39, 0.29) is 21.7 Å². The van der Waals surface area contributed by atoms with Crippen LogP contribution in [0.15, 0.2) is 84.9 Å². The van der Waals surface area contributed by atoms with Gasteiger partial charge in [0.2, 0.25) is 0 Å². The van der Waals surface area contributed by atoms with Gasteiger partial charge in [0.25, 0.3) is 0 Å². The summed E-state index contributed by atoms with van der Waals surface area (Å²) in [4.78, 5) is 11.9. The molecule has 57 heavy (non-hydrogen) atoms. The summed E-state index contributed by atoms with van der Waals surface area (Å²) >= 11 is 0. The van der Waals surface area contributed by atoms with Gasteiger partial charge < -0.3 is 18.5 Å². The molecule has 298 valence electrons. The molecule has 1 heterocycles. The maximum absolute atomic E-state index is 14.6. The van der Waals surface area contributed by atoms with E-state index in [0.717, 1.165) is 66.4 Å². The molecular weight excluding hydrogens is 728 g/mol. The zero-order valence-electron chi connectivity index (χ0n) is 36.0. The first-order chi connectivity index (χ1) is 26.4. The van der Waals surface area contributed by atoms with Gasteiger partial charge in [0, 0.05) is 44.5 Å². The standard InChI is InChI=1S/C50H57O6P/c1-47(2,3)37-25-31(26-38(45(37)53-13)48(4,5)6)35-23-29-19-15-17-21-33(29)41-42-34-22-18-16-20-30(34)24-36(44(42)56-57(51,52)55-43(35)41)32-27-39(49(7,8)9)46(54-14)40(28-32)50(10,11)12/h15-28H,1-14H3,(H,51,52). The lowest BCUT2D eigenvalue weighted by molar-refractivity contribution is 0.295. The summed E-state index contributed by atoms with van der Waals surface area (Å²) < 4.78 is 39.7. The number of hydrogen-bond donors (Lipinski definition) is 1. The van der Waals surface area contributed by atoms with Crippen molar-refractivity contribution in [2.24, 2.45) is 0 Å². The van der Waals surface area contributed by atoms with Crippen molar-refractivity contribution in [1.29, 1.82) is 0 Å². The van der Waals surface area contributed by atoms with Gasteiger partial charge in [0.1, 0.15) is 23.0 Å². The maximum atomic E-state index is 14.6. The molecule has 0 spiro atoms. The van der Waals surface area contributed by atoms with Crippen LogP contribution < -0.4 is 18.5 Å². The average molecular weight is 785 g/mol. The quantitative estimate of drug-likeness (QED) is 0.179. The third-order valence-corrected chi connectivity index (χ3v) is 11.9. The third kappa shape index (κ3) is 7.21. The Kier molecular flexibility index (Phi) is 9.70. The minimum Gasteiger partial charge on any atom is -0.496 e. The van der Waals surface area contributed by atoms with Crippen molar-refractivity contribution in [2.75, 3.05) is 14.2 Å². The van der Waals surface area contributed by atoms with Crippen LogP contribution in [0, 0.1) is 0 Å². The van der Waals surface area contributed by atoms with Crippen LogP contribution in [0.25, 0.3) is 54.9 Å². The van der Waals surface area contributed by atoms with Crippen molar-refractivity contribution in [3.05, 3.63) is 107 Å². The molecule has 7 rings (SSSR count). The lowest BCUT2D eigenvalue weighted by atomic mass is 9.76. The van der Waals surface area contributed by atoms with Gasteiger partial charge in [-0.3, -0.25) is 4.89 Å². The summed E-state index contributed by atoms with van der Waals surface area (Å²) in [6.07, 6.45) is 0. The molecule has 0 fully saturated rings. The van der Waals surface area contributed by atoms with Gasteiger partial charge in [-0.05, 0) is 90.7 Å². The predicted octanol–water partition coefficient (Wildman–Crippen LogP) is 14.1. The fourth-order valence-corrected chi connectivity index (χ4v) is 9.14. The molecule has 0 bridgehead atoms. The van der Waals surface area contributed by atoms with Gasteiger partial charge in [0.05, 0.1) is 14.2 Å². The van der Waals surface area contributed by atoms with Crippen molar-refractivity contribution in [1.82, 2.24) is 0 Å². The predicted molar refractivity (Wildman–Crippen MR) is 237 cm³/mol. The van der Waals surface area contributed by atoms with Crippen LogP contribution >= 0.6 is 7.82 Å². The molecule has 0 saturated carbocycles. The smallest absolute Gasteiger partial charge is 0.496 e. The van der Waals surface area contributed by atoms with Crippen molar-refractivity contribution in [3.63, 3.8) is 0 Å². The fourth-order valence-electron chi connectivity index (χ4n) is 8.26. The first-order valence-electron chi connectivity index (χ1n) is 19.7. The third-order valence-electron chi connectivity index (χ3n) is 11.1. The van der Waals surface area contributed by atoms with Crippen LogP contribution in [0.5, 0.6) is 23.0 Å². The Bertz CT molecular complexity index is 2380. The Hall–Kier alpha value is -4.77. The molecule has 6 aromatic carbocycles. The van der Waals surface area contributed by atoms with E-state index in [9.17, 15) is 9.46 Å². The van der Waals surface area contributed by atoms with E-state index in [2.05, 4.69) is 144 Å². The highest BCUT2D eigenvalue weighted by Gasteiger charge is 2.39. The van der Waals surface area contributed by atoms with E-state index < -0.39 is 7.82 Å². The van der Waals surface area contributed by atoms with E-state index in [0.29, 0.717) is 33.8 Å². The van der Waals surface area contributed by atoms with E-state index in [1.165, 1.54) is 0 Å². The molecule has 0 aromatic heterocycles. The van der Waals surface area contributed by atoms with Crippen molar-refractivity contribution in [2.45, 2.75) is 105 Å². The molecule has 0 unspecified atom stereocenters. The highest BCUT2D eigenvalue weighted by Crippen LogP contribution is 2.62. The minimum atomic E-state index is -4.80. The number of phosphoric acid groups is 1. The Balaban J connectivity index is 1.69. The SMILES string of the molecule is COc1c(C(C)(C)C)cc(-c2cc3ccccc3c3c2OP(=O)(O)Oc2c(-c4cc(C(C)(C)C)c(OC)c(C(C)(C)C)c4)cc4ccccc4c2-3)cc1C(C)(C)C. The Morgan fingerprint density at radius 1 is 0.491 bits per heavy atom. The van der Waals surface area contributed by atoms with Crippen molar-refractivity contribution < 1.29 is 28.0 Å². The zero-order chi connectivity index (χ0) is 41.6. The normalized spacial score (nSPS) is 14.4. The van der Waals surface area contributed by atoms with Gasteiger partial charge in [-0.2, -0.15) is 0 Å². The largest absolute Gasteiger partial charge is 0.584 e. The van der Waals surface area contributed by atoms with Crippen LogP contribution in [0.2, 0.25) is 0 Å². The summed E-state index contributed by atoms with van der Waals surface area (Å²) in [5.74, 6) is 2.27. The topological polar surface area (TPSA) is 74.2 Å². The number of methoxy groups -OCH3 is 2. The molecule has 6 aromatic rings. The molecular formula is C50H57O6P. The van der Waals surface area contributed by atoms with Crippen LogP contribution in [0.3, 0.4) is 0 Å². The number of hydrogen-bond acceptors (Lipinski definition) is 5. The summed E-state index contributed by atoms with van der Waals surface area (Å²) in [5, 5.41) is 3.69. The first kappa shape index (κ1) is 40.4. The van der Waals surface area contributed by atoms with Gasteiger partial charge in [0.15, 0.2) is 0 Å². The van der Waals surface area contributed by atoms with E-state index >= 15 is 0 Å². The lowest BCUT2D eigenvalue weighted by Crippen LogP contribution is -2.19. The second-order valence-electron chi connectivity index (χ2n) is 19.6. The molecule has 0 saturated heterocycles. The van der Waals surface area contributed by atoms with Gasteiger partial charge in [-0.15, -0.1) is 0 Å². The van der Waals surface area contributed by atoms with Crippen LogP contribution in [-0.4, -0.2) is 19.1 Å².